The third-order valence-corrected chi connectivity index (χ3v) is 12.4. The molecule has 0 bridgehead atoms. The molecule has 0 saturated carbocycles. The van der Waals surface area contributed by atoms with Crippen LogP contribution in [-0.4, -0.2) is 13.7 Å². The second-order valence-electron chi connectivity index (χ2n) is 15.3. The zero-order valence-corrected chi connectivity index (χ0v) is 30.9. The summed E-state index contributed by atoms with van der Waals surface area (Å²) in [6.07, 6.45) is 0. The topological polar surface area (TPSA) is 14.8 Å². The van der Waals surface area contributed by atoms with Crippen LogP contribution in [0.3, 0.4) is 0 Å². The minimum absolute atomic E-state index is 1.13. The molecule has 0 spiro atoms. The van der Waals surface area contributed by atoms with Gasteiger partial charge in [-0.3, -0.25) is 0 Å². The first-order valence-electron chi connectivity index (χ1n) is 19.7. The maximum Gasteiger partial charge on any atom is 0.0567 e. The van der Waals surface area contributed by atoms with Gasteiger partial charge in [0.15, 0.2) is 0 Å². The van der Waals surface area contributed by atoms with Crippen LogP contribution in [0.2, 0.25) is 0 Å². The van der Waals surface area contributed by atoms with Crippen LogP contribution in [-0.2, 0) is 0 Å². The van der Waals surface area contributed by atoms with Crippen molar-refractivity contribution < 1.29 is 0 Å². The summed E-state index contributed by atoms with van der Waals surface area (Å²) in [5.74, 6) is 0. The van der Waals surface area contributed by atoms with Gasteiger partial charge in [-0.2, -0.15) is 0 Å². The summed E-state index contributed by atoms with van der Waals surface area (Å²) in [6.45, 7) is 0. The molecule has 3 heteroatoms. The molecule has 0 saturated heterocycles. The third-order valence-electron chi connectivity index (χ3n) is 12.4. The molecule has 3 nitrogen and oxygen atoms in total. The van der Waals surface area contributed by atoms with E-state index >= 15 is 0 Å². The van der Waals surface area contributed by atoms with Crippen molar-refractivity contribution in [1.29, 1.82) is 0 Å². The highest BCUT2D eigenvalue weighted by atomic mass is 15.0. The lowest BCUT2D eigenvalue weighted by Crippen LogP contribution is -2.01. The molecule has 3 aromatic heterocycles. The van der Waals surface area contributed by atoms with Crippen LogP contribution in [0.5, 0.6) is 0 Å². The normalized spacial score (nSPS) is 12.2. The first-order valence-corrected chi connectivity index (χ1v) is 19.7. The van der Waals surface area contributed by atoms with Crippen LogP contribution in [0, 0.1) is 0 Å². The summed E-state index contributed by atoms with van der Waals surface area (Å²) in [5, 5.41) is 15.0. The molecular weight excluding hydrogens is 691 g/mol. The number of aromatic nitrogens is 3. The molecule has 0 amide bonds. The zero-order chi connectivity index (χ0) is 37.2. The third kappa shape index (κ3) is 4.15. The van der Waals surface area contributed by atoms with E-state index in [1.165, 1.54) is 103 Å². The standard InChI is InChI=1S/C54H33N3/c1-2-16-34(17-3-1)55-47-26-12-10-23-41(47)44-32-45-42-24-11-13-27-48(42)56(52(45)33-51(44)55)35-30-46-38-20-5-4-18-36(38)37-19-6-7-25-43(37)54(46)53(31-35)57-49-28-14-8-21-39(49)40-22-9-15-29-50(40)57/h1-33H. The van der Waals surface area contributed by atoms with Gasteiger partial charge in [-0.15, -0.1) is 0 Å². The molecule has 0 radical (unpaired) electrons. The fourth-order valence-corrected chi connectivity index (χ4v) is 10.0. The molecule has 0 atom stereocenters. The van der Waals surface area contributed by atoms with Crippen LogP contribution in [0.4, 0.5) is 0 Å². The molecular formula is C54H33N3. The van der Waals surface area contributed by atoms with Gasteiger partial charge in [0.1, 0.15) is 0 Å². The lowest BCUT2D eigenvalue weighted by atomic mass is 9.92. The summed E-state index contributed by atoms with van der Waals surface area (Å²) in [7, 11) is 0. The Labute approximate surface area is 327 Å². The Balaban J connectivity index is 1.24. The van der Waals surface area contributed by atoms with Crippen molar-refractivity contribution in [3.05, 3.63) is 200 Å². The average molecular weight is 724 g/mol. The van der Waals surface area contributed by atoms with Crippen LogP contribution in [0.1, 0.15) is 0 Å². The highest BCUT2D eigenvalue weighted by Gasteiger charge is 2.22. The second-order valence-corrected chi connectivity index (χ2v) is 15.3. The van der Waals surface area contributed by atoms with Crippen molar-refractivity contribution in [3.8, 4) is 17.1 Å². The summed E-state index contributed by atoms with van der Waals surface area (Å²) in [5.41, 5.74) is 10.6. The second kappa shape index (κ2) is 11.5. The van der Waals surface area contributed by atoms with E-state index < -0.39 is 0 Å². The lowest BCUT2D eigenvalue weighted by Gasteiger charge is -2.19. The summed E-state index contributed by atoms with van der Waals surface area (Å²) >= 11 is 0. The van der Waals surface area contributed by atoms with Crippen molar-refractivity contribution >= 4 is 97.7 Å². The summed E-state index contributed by atoms with van der Waals surface area (Å²) < 4.78 is 7.45. The van der Waals surface area contributed by atoms with Crippen molar-refractivity contribution in [2.75, 3.05) is 0 Å². The van der Waals surface area contributed by atoms with E-state index in [0.717, 1.165) is 11.4 Å². The Bertz CT molecular complexity index is 3750. The number of fused-ring (bicyclic) bond motifs is 15. The van der Waals surface area contributed by atoms with Gasteiger partial charge in [0, 0.05) is 49.1 Å². The number of hydrogen-bond acceptors (Lipinski definition) is 0. The molecule has 57 heavy (non-hydrogen) atoms. The van der Waals surface area contributed by atoms with E-state index in [1.807, 2.05) is 0 Å². The molecule has 13 aromatic rings. The minimum atomic E-state index is 1.13. The Morgan fingerprint density at radius 3 is 1.14 bits per heavy atom. The highest BCUT2D eigenvalue weighted by Crippen LogP contribution is 2.45. The lowest BCUT2D eigenvalue weighted by molar-refractivity contribution is 1.15. The van der Waals surface area contributed by atoms with Gasteiger partial charge in [-0.1, -0.05) is 140 Å². The van der Waals surface area contributed by atoms with Crippen molar-refractivity contribution in [2.24, 2.45) is 0 Å². The number of para-hydroxylation sites is 5. The average Bonchev–Trinajstić information content (AvgIpc) is 3.91. The molecule has 0 aliphatic rings. The zero-order valence-electron chi connectivity index (χ0n) is 30.9. The van der Waals surface area contributed by atoms with Gasteiger partial charge in [0.2, 0.25) is 0 Å². The summed E-state index contributed by atoms with van der Waals surface area (Å²) in [6, 6.07) is 73.9. The van der Waals surface area contributed by atoms with Gasteiger partial charge < -0.3 is 13.7 Å². The Kier molecular flexibility index (Phi) is 6.16. The Morgan fingerprint density at radius 2 is 0.596 bits per heavy atom. The molecule has 3 heterocycles. The molecule has 0 N–H and O–H groups in total. The van der Waals surface area contributed by atoms with Crippen LogP contribution in [0.15, 0.2) is 200 Å². The van der Waals surface area contributed by atoms with E-state index in [2.05, 4.69) is 214 Å². The molecule has 10 aromatic carbocycles. The van der Waals surface area contributed by atoms with Crippen molar-refractivity contribution in [2.45, 2.75) is 0 Å². The van der Waals surface area contributed by atoms with Crippen LogP contribution < -0.4 is 0 Å². The van der Waals surface area contributed by atoms with Crippen molar-refractivity contribution in [1.82, 2.24) is 13.7 Å². The van der Waals surface area contributed by atoms with E-state index in [0.29, 0.717) is 0 Å². The largest absolute Gasteiger partial charge is 0.309 e. The van der Waals surface area contributed by atoms with Crippen LogP contribution >= 0.6 is 0 Å². The fraction of sp³-hybridized carbons (Fsp3) is 0. The SMILES string of the molecule is c1ccc(-n2c3ccccc3c3cc4c5ccccc5n(-c5cc(-n6c7ccccc7c7ccccc76)c6c7ccccc7c7ccccc7c6c5)c4cc32)cc1. The molecule has 0 aliphatic heterocycles. The highest BCUT2D eigenvalue weighted by molar-refractivity contribution is 6.28. The van der Waals surface area contributed by atoms with Gasteiger partial charge in [0.05, 0.1) is 38.8 Å². The van der Waals surface area contributed by atoms with E-state index in [-0.39, 0.29) is 0 Å². The Hall–Kier alpha value is -7.62. The quantitative estimate of drug-likeness (QED) is 0.161. The maximum absolute atomic E-state index is 2.51. The fourth-order valence-electron chi connectivity index (χ4n) is 10.0. The van der Waals surface area contributed by atoms with Gasteiger partial charge in [-0.25, -0.2) is 0 Å². The monoisotopic (exact) mass is 723 g/mol. The Morgan fingerprint density at radius 1 is 0.211 bits per heavy atom. The van der Waals surface area contributed by atoms with Crippen LogP contribution in [0.25, 0.3) is 115 Å². The molecule has 13 rings (SSSR count). The van der Waals surface area contributed by atoms with Crippen molar-refractivity contribution in [3.63, 3.8) is 0 Å². The smallest absolute Gasteiger partial charge is 0.0567 e. The van der Waals surface area contributed by atoms with Gasteiger partial charge in [-0.05, 0) is 87.6 Å². The first kappa shape index (κ1) is 30.7. The molecule has 0 fully saturated rings. The van der Waals surface area contributed by atoms with E-state index in [9.17, 15) is 0 Å². The maximum atomic E-state index is 2.51. The van der Waals surface area contributed by atoms with E-state index in [1.54, 1.807) is 0 Å². The molecule has 0 unspecified atom stereocenters. The number of benzene rings is 10. The van der Waals surface area contributed by atoms with Gasteiger partial charge >= 0.3 is 0 Å². The number of hydrogen-bond donors (Lipinski definition) is 0. The summed E-state index contributed by atoms with van der Waals surface area (Å²) in [4.78, 5) is 0. The predicted octanol–water partition coefficient (Wildman–Crippen LogP) is 14.4. The molecule has 264 valence electrons. The molecule has 0 aliphatic carbocycles. The number of nitrogens with zero attached hydrogens (tertiary/aromatic N) is 3. The minimum Gasteiger partial charge on any atom is -0.309 e. The predicted molar refractivity (Wildman–Crippen MR) is 242 cm³/mol. The van der Waals surface area contributed by atoms with E-state index in [4.69, 9.17) is 0 Å². The van der Waals surface area contributed by atoms with Gasteiger partial charge in [0.25, 0.3) is 0 Å². The first-order chi connectivity index (χ1) is 28.3. The number of rotatable bonds is 3.